The molecule has 0 aliphatic rings. The lowest BCUT2D eigenvalue weighted by Gasteiger charge is -2.21. The number of nitrogens with zero attached hydrogens (tertiary/aromatic N) is 1. The molecule has 1 aromatic heterocycles. The molecule has 36 heavy (non-hydrogen) atoms. The quantitative estimate of drug-likeness (QED) is 0.244. The van der Waals surface area contributed by atoms with Crippen molar-refractivity contribution in [1.82, 2.24) is 4.98 Å². The molecule has 6 aromatic rings. The van der Waals surface area contributed by atoms with Gasteiger partial charge in [-0.2, -0.15) is 0 Å². The van der Waals surface area contributed by atoms with Crippen LogP contribution in [0.25, 0.3) is 33.0 Å². The molecule has 3 heteroatoms. The van der Waals surface area contributed by atoms with Gasteiger partial charge in [-0.25, -0.2) is 0 Å². The van der Waals surface area contributed by atoms with Gasteiger partial charge in [0.25, 0.3) is 0 Å². The summed E-state index contributed by atoms with van der Waals surface area (Å²) in [5, 5.41) is 4.73. The van der Waals surface area contributed by atoms with Gasteiger partial charge in [-0.1, -0.05) is 133 Å². The molecule has 1 atom stereocenters. The summed E-state index contributed by atoms with van der Waals surface area (Å²) >= 11 is 0. The van der Waals surface area contributed by atoms with Crippen molar-refractivity contribution in [2.45, 2.75) is 0 Å². The summed E-state index contributed by atoms with van der Waals surface area (Å²) in [7, 11) is -3.06. The summed E-state index contributed by atoms with van der Waals surface area (Å²) in [5.41, 5.74) is 4.38. The molecular weight excluding hydrogens is 457 g/mol. The highest BCUT2D eigenvalue weighted by Gasteiger charge is 2.29. The van der Waals surface area contributed by atoms with E-state index in [4.69, 9.17) is 0 Å². The molecule has 172 valence electrons. The first kappa shape index (κ1) is 22.2. The van der Waals surface area contributed by atoms with Gasteiger partial charge in [0.1, 0.15) is 0 Å². The number of hydrogen-bond donors (Lipinski definition) is 0. The predicted molar refractivity (Wildman–Crippen MR) is 152 cm³/mol. The maximum Gasteiger partial charge on any atom is 0.171 e. The van der Waals surface area contributed by atoms with E-state index in [2.05, 4.69) is 53.5 Å². The molecule has 0 saturated carbocycles. The molecule has 0 bridgehead atoms. The van der Waals surface area contributed by atoms with Gasteiger partial charge in [0.15, 0.2) is 7.14 Å². The van der Waals surface area contributed by atoms with E-state index in [-0.39, 0.29) is 0 Å². The monoisotopic (exact) mass is 481 g/mol. The van der Waals surface area contributed by atoms with E-state index in [1.165, 1.54) is 0 Å². The average Bonchev–Trinajstić information content (AvgIpc) is 2.97. The Morgan fingerprint density at radius 3 is 1.61 bits per heavy atom. The van der Waals surface area contributed by atoms with Crippen LogP contribution < -0.4 is 15.9 Å². The van der Waals surface area contributed by atoms with Crippen LogP contribution in [0.2, 0.25) is 0 Å². The van der Waals surface area contributed by atoms with Crippen molar-refractivity contribution in [3.05, 3.63) is 146 Å². The van der Waals surface area contributed by atoms with Gasteiger partial charge < -0.3 is 4.57 Å². The van der Waals surface area contributed by atoms with E-state index >= 15 is 0 Å². The van der Waals surface area contributed by atoms with Crippen LogP contribution in [0.4, 0.5) is 0 Å². The van der Waals surface area contributed by atoms with E-state index in [1.54, 1.807) is 0 Å². The molecule has 0 radical (unpaired) electrons. The van der Waals surface area contributed by atoms with Gasteiger partial charge in [0.05, 0.1) is 0 Å². The number of benzene rings is 5. The molecule has 1 heterocycles. The maximum atomic E-state index is 14.9. The van der Waals surface area contributed by atoms with Crippen LogP contribution in [0.1, 0.15) is 0 Å². The molecule has 0 saturated heterocycles. The van der Waals surface area contributed by atoms with E-state index in [1.807, 2.05) is 97.3 Å². The number of rotatable bonds is 5. The second kappa shape index (κ2) is 9.41. The maximum absolute atomic E-state index is 14.9. The van der Waals surface area contributed by atoms with E-state index < -0.39 is 7.14 Å². The van der Waals surface area contributed by atoms with Crippen LogP contribution in [-0.4, -0.2) is 4.98 Å². The molecule has 6 rings (SSSR count). The predicted octanol–water partition coefficient (Wildman–Crippen LogP) is 7.21. The van der Waals surface area contributed by atoms with Crippen LogP contribution >= 0.6 is 7.14 Å². The van der Waals surface area contributed by atoms with Crippen LogP contribution in [0.3, 0.4) is 0 Å². The summed E-state index contributed by atoms with van der Waals surface area (Å²) in [6.45, 7) is 0. The van der Waals surface area contributed by atoms with Crippen molar-refractivity contribution in [2.75, 3.05) is 0 Å². The molecule has 0 amide bonds. The van der Waals surface area contributed by atoms with Crippen LogP contribution in [0, 0.1) is 0 Å². The first-order valence-electron chi connectivity index (χ1n) is 12.0. The van der Waals surface area contributed by atoms with Crippen LogP contribution in [0.15, 0.2) is 146 Å². The number of fused-ring (bicyclic) bond motifs is 1. The number of pyridine rings is 1. The van der Waals surface area contributed by atoms with Gasteiger partial charge in [-0.3, -0.25) is 4.98 Å². The van der Waals surface area contributed by atoms with E-state index in [9.17, 15) is 4.57 Å². The summed E-state index contributed by atoms with van der Waals surface area (Å²) in [6, 6.07) is 44.6. The minimum Gasteiger partial charge on any atom is -0.309 e. The lowest BCUT2D eigenvalue weighted by atomic mass is 10.0. The summed E-state index contributed by atoms with van der Waals surface area (Å²) in [5.74, 6) is 0. The third-order valence-corrected chi connectivity index (χ3v) is 9.74. The Morgan fingerprint density at radius 1 is 0.444 bits per heavy atom. The third-order valence-electron chi connectivity index (χ3n) is 6.67. The highest BCUT2D eigenvalue weighted by molar-refractivity contribution is 7.85. The van der Waals surface area contributed by atoms with Gasteiger partial charge in [-0.05, 0) is 22.1 Å². The van der Waals surface area contributed by atoms with Crippen molar-refractivity contribution in [3.63, 3.8) is 0 Å². The minimum absolute atomic E-state index is 0.818. The highest BCUT2D eigenvalue weighted by atomic mass is 31.2. The fourth-order valence-corrected chi connectivity index (χ4v) is 7.40. The molecule has 0 aliphatic carbocycles. The zero-order valence-corrected chi connectivity index (χ0v) is 20.6. The number of aromatic nitrogens is 1. The van der Waals surface area contributed by atoms with Crippen molar-refractivity contribution >= 4 is 33.8 Å². The van der Waals surface area contributed by atoms with E-state index in [0.29, 0.717) is 0 Å². The first-order valence-corrected chi connectivity index (χ1v) is 13.7. The first-order chi connectivity index (χ1) is 17.7. The summed E-state index contributed by atoms with van der Waals surface area (Å²) < 4.78 is 14.9. The smallest absolute Gasteiger partial charge is 0.171 e. The Bertz CT molecular complexity index is 1670. The molecular formula is C33H24NOP. The fourth-order valence-electron chi connectivity index (χ4n) is 4.78. The SMILES string of the molecule is O=P(c1ccccc1)(c1ccc(-c2ccccc2)cc1)c1ccc(-c2cncc3ccccc23)cc1. The van der Waals surface area contributed by atoms with Crippen LogP contribution in [0.5, 0.6) is 0 Å². The molecule has 0 spiro atoms. The second-order valence-electron chi connectivity index (χ2n) is 8.81. The van der Waals surface area contributed by atoms with Crippen LogP contribution in [-0.2, 0) is 4.57 Å². The highest BCUT2D eigenvalue weighted by Crippen LogP contribution is 2.43. The van der Waals surface area contributed by atoms with Gasteiger partial charge in [-0.15, -0.1) is 0 Å². The summed E-state index contributed by atoms with van der Waals surface area (Å²) in [6.07, 6.45) is 3.78. The Morgan fingerprint density at radius 2 is 0.944 bits per heavy atom. The fraction of sp³-hybridized carbons (Fsp3) is 0. The largest absolute Gasteiger partial charge is 0.309 e. The summed E-state index contributed by atoms with van der Waals surface area (Å²) in [4.78, 5) is 4.43. The standard InChI is InChI=1S/C33H24NOP/c35-36(29-12-5-2-6-13-29,30-19-15-26(16-20-30)25-9-3-1-4-10-25)31-21-17-27(18-22-31)33-24-34-23-28-11-7-8-14-32(28)33/h1-24H. The Hall–Kier alpha value is -4.26. The minimum atomic E-state index is -3.06. The lowest BCUT2D eigenvalue weighted by molar-refractivity contribution is 0.592. The lowest BCUT2D eigenvalue weighted by Crippen LogP contribution is -2.24. The van der Waals surface area contributed by atoms with Gasteiger partial charge in [0, 0.05) is 39.3 Å². The molecule has 0 aliphatic heterocycles. The molecule has 0 fully saturated rings. The van der Waals surface area contributed by atoms with Crippen molar-refractivity contribution in [3.8, 4) is 22.3 Å². The average molecular weight is 482 g/mol. The van der Waals surface area contributed by atoms with Crippen molar-refractivity contribution in [2.24, 2.45) is 0 Å². The number of hydrogen-bond acceptors (Lipinski definition) is 2. The van der Waals surface area contributed by atoms with Gasteiger partial charge >= 0.3 is 0 Å². The topological polar surface area (TPSA) is 30.0 Å². The second-order valence-corrected chi connectivity index (χ2v) is 11.6. The Labute approximate surface area is 211 Å². The Kier molecular flexibility index (Phi) is 5.81. The third kappa shape index (κ3) is 3.96. The van der Waals surface area contributed by atoms with E-state index in [0.717, 1.165) is 48.9 Å². The molecule has 5 aromatic carbocycles. The van der Waals surface area contributed by atoms with Crippen molar-refractivity contribution in [1.29, 1.82) is 0 Å². The normalized spacial score (nSPS) is 12.8. The molecule has 0 N–H and O–H groups in total. The zero-order valence-electron chi connectivity index (χ0n) is 19.7. The van der Waals surface area contributed by atoms with Crippen molar-refractivity contribution < 1.29 is 4.57 Å². The van der Waals surface area contributed by atoms with Gasteiger partial charge in [0.2, 0.25) is 0 Å². The molecule has 2 nitrogen and oxygen atoms in total. The Balaban J connectivity index is 1.45. The molecule has 1 unspecified atom stereocenters. The zero-order chi connectivity index (χ0) is 24.4.